The molecule has 3 N–H and O–H groups in total. The van der Waals surface area contributed by atoms with Gasteiger partial charge in [-0.1, -0.05) is 23.2 Å². The Balaban J connectivity index is 2.41. The van der Waals surface area contributed by atoms with Crippen LogP contribution in [0.3, 0.4) is 0 Å². The van der Waals surface area contributed by atoms with Crippen LogP contribution in [0.4, 0.5) is 0 Å². The third-order valence-electron chi connectivity index (χ3n) is 2.33. The molecule has 2 rings (SSSR count). The lowest BCUT2D eigenvalue weighted by atomic mass is 10.1. The predicted octanol–water partition coefficient (Wildman–Crippen LogP) is 2.36. The summed E-state index contributed by atoms with van der Waals surface area (Å²) >= 11 is 10.7. The van der Waals surface area contributed by atoms with E-state index in [-0.39, 0.29) is 5.11 Å². The number of fused-ring (bicyclic) bond motifs is 1. The van der Waals surface area contributed by atoms with Crippen molar-refractivity contribution in [2.45, 2.75) is 6.92 Å². The molecule has 92 valence electrons. The second-order valence-electron chi connectivity index (χ2n) is 3.80. The maximum Gasteiger partial charge on any atom is 0.184 e. The van der Waals surface area contributed by atoms with Gasteiger partial charge in [-0.15, -0.1) is 0 Å². The third kappa shape index (κ3) is 2.94. The lowest BCUT2D eigenvalue weighted by Gasteiger charge is -2.03. The summed E-state index contributed by atoms with van der Waals surface area (Å²) in [6.07, 6.45) is 1.54. The summed E-state index contributed by atoms with van der Waals surface area (Å²) in [5.41, 5.74) is 10.5. The summed E-state index contributed by atoms with van der Waals surface area (Å²) in [7, 11) is 0. The van der Waals surface area contributed by atoms with Crippen LogP contribution < -0.4 is 11.2 Å². The molecule has 18 heavy (non-hydrogen) atoms. The van der Waals surface area contributed by atoms with Gasteiger partial charge in [0.25, 0.3) is 0 Å². The van der Waals surface area contributed by atoms with Crippen molar-refractivity contribution in [2.75, 3.05) is 0 Å². The van der Waals surface area contributed by atoms with E-state index in [1.807, 2.05) is 31.2 Å². The summed E-state index contributed by atoms with van der Waals surface area (Å²) in [6, 6.07) is 7.89. The van der Waals surface area contributed by atoms with Gasteiger partial charge < -0.3 is 5.73 Å². The molecule has 6 heteroatoms. The van der Waals surface area contributed by atoms with E-state index in [2.05, 4.69) is 27.7 Å². The zero-order chi connectivity index (χ0) is 13.1. The molecule has 1 aromatic carbocycles. The summed E-state index contributed by atoms with van der Waals surface area (Å²) in [5, 5.41) is 5.37. The number of aryl methyl sites for hydroxylation is 1. The fourth-order valence-corrected chi connectivity index (χ4v) is 1.79. The summed E-state index contributed by atoms with van der Waals surface area (Å²) < 4.78 is 0. The Hall–Kier alpha value is -1.72. The van der Waals surface area contributed by atoms with Crippen LogP contribution in [-0.2, 0) is 0 Å². The molecule has 0 fully saturated rings. The topological polar surface area (TPSA) is 63.3 Å². The Morgan fingerprint density at radius 2 is 2.28 bits per heavy atom. The summed E-state index contributed by atoms with van der Waals surface area (Å²) in [4.78, 5) is 4.30. The number of hydrogen-bond acceptors (Lipinski definition) is 3. The average molecular weight is 279 g/mol. The largest absolute Gasteiger partial charge is 0.375 e. The molecule has 0 saturated carbocycles. The number of nitrogens with one attached hydrogen (secondary N) is 1. The molecule has 0 atom stereocenters. The lowest BCUT2D eigenvalue weighted by molar-refractivity contribution is 1.04. The first-order valence-corrected chi connectivity index (χ1v) is 6.00. The van der Waals surface area contributed by atoms with Gasteiger partial charge in [-0.05, 0) is 37.3 Å². The van der Waals surface area contributed by atoms with Gasteiger partial charge in [-0.3, -0.25) is 5.43 Å². The van der Waals surface area contributed by atoms with Gasteiger partial charge in [0.05, 0.1) is 11.7 Å². The van der Waals surface area contributed by atoms with Crippen molar-refractivity contribution in [2.24, 2.45) is 10.8 Å². The van der Waals surface area contributed by atoms with E-state index in [1.165, 1.54) is 6.21 Å². The number of hydrogen-bond donors (Lipinski definition) is 2. The van der Waals surface area contributed by atoms with E-state index in [0.29, 0.717) is 10.7 Å². The molecule has 1 heterocycles. The molecule has 0 saturated heterocycles. The first-order valence-electron chi connectivity index (χ1n) is 5.21. The Morgan fingerprint density at radius 1 is 1.50 bits per heavy atom. The predicted molar refractivity (Wildman–Crippen MR) is 79.0 cm³/mol. The highest BCUT2D eigenvalue weighted by Gasteiger charge is 2.03. The van der Waals surface area contributed by atoms with Gasteiger partial charge in [-0.2, -0.15) is 5.10 Å². The van der Waals surface area contributed by atoms with Crippen LogP contribution in [0.5, 0.6) is 0 Å². The van der Waals surface area contributed by atoms with Crippen LogP contribution in [0.2, 0.25) is 5.15 Å². The van der Waals surface area contributed by atoms with E-state index in [9.17, 15) is 0 Å². The zero-order valence-electron chi connectivity index (χ0n) is 9.64. The first kappa shape index (κ1) is 12.7. The lowest BCUT2D eigenvalue weighted by Crippen LogP contribution is -2.24. The number of aromatic nitrogens is 1. The highest BCUT2D eigenvalue weighted by molar-refractivity contribution is 7.80. The van der Waals surface area contributed by atoms with Gasteiger partial charge in [-0.25, -0.2) is 4.98 Å². The summed E-state index contributed by atoms with van der Waals surface area (Å²) in [5.74, 6) is 0. The minimum atomic E-state index is 0.104. The van der Waals surface area contributed by atoms with Gasteiger partial charge in [0.1, 0.15) is 5.15 Å². The molecule has 2 aromatic rings. The molecule has 0 aliphatic carbocycles. The second kappa shape index (κ2) is 5.29. The highest BCUT2D eigenvalue weighted by atomic mass is 35.5. The minimum Gasteiger partial charge on any atom is -0.375 e. The summed E-state index contributed by atoms with van der Waals surface area (Å²) in [6.45, 7) is 2.02. The number of benzene rings is 1. The molecular formula is C12H11ClN4S. The third-order valence-corrected chi connectivity index (χ3v) is 2.72. The van der Waals surface area contributed by atoms with Gasteiger partial charge >= 0.3 is 0 Å². The standard InChI is InChI=1S/C12H11ClN4S/c1-7-2-3-10-8(4-7)5-9(11(13)16-10)6-15-17-12(14)18/h2-6H,1H3,(H3,14,17,18)/b15-6-. The molecule has 4 nitrogen and oxygen atoms in total. The molecular weight excluding hydrogens is 268 g/mol. The molecule has 0 aliphatic heterocycles. The molecule has 0 unspecified atom stereocenters. The van der Waals surface area contributed by atoms with Crippen LogP contribution in [0.15, 0.2) is 29.4 Å². The van der Waals surface area contributed by atoms with Crippen molar-refractivity contribution >= 4 is 46.0 Å². The molecule has 0 spiro atoms. The Kier molecular flexibility index (Phi) is 3.74. The maximum absolute atomic E-state index is 6.06. The Bertz CT molecular complexity index is 639. The first-order chi connectivity index (χ1) is 8.56. The van der Waals surface area contributed by atoms with E-state index in [0.717, 1.165) is 16.5 Å². The number of nitrogens with zero attached hydrogens (tertiary/aromatic N) is 2. The Labute approximate surface area is 115 Å². The maximum atomic E-state index is 6.06. The Morgan fingerprint density at radius 3 is 3.00 bits per heavy atom. The van der Waals surface area contributed by atoms with Crippen molar-refractivity contribution in [3.8, 4) is 0 Å². The van der Waals surface area contributed by atoms with E-state index in [4.69, 9.17) is 17.3 Å². The number of hydrazone groups is 1. The SMILES string of the molecule is Cc1ccc2nc(Cl)c(/C=N\NC(N)=S)cc2c1. The normalized spacial score (nSPS) is 11.0. The monoisotopic (exact) mass is 278 g/mol. The molecule has 0 radical (unpaired) electrons. The molecule has 1 aromatic heterocycles. The number of pyridine rings is 1. The van der Waals surface area contributed by atoms with Crippen LogP contribution in [-0.4, -0.2) is 16.3 Å². The van der Waals surface area contributed by atoms with Crippen molar-refractivity contribution in [3.63, 3.8) is 0 Å². The van der Waals surface area contributed by atoms with Crippen molar-refractivity contribution in [1.29, 1.82) is 0 Å². The fraction of sp³-hybridized carbons (Fsp3) is 0.0833. The molecule has 0 bridgehead atoms. The molecule has 0 aliphatic rings. The van der Waals surface area contributed by atoms with Gasteiger partial charge in [0.2, 0.25) is 0 Å². The number of thiocarbonyl (C=S) groups is 1. The van der Waals surface area contributed by atoms with Gasteiger partial charge in [0.15, 0.2) is 5.11 Å². The average Bonchev–Trinajstić information content (AvgIpc) is 2.30. The number of halogens is 1. The van der Waals surface area contributed by atoms with Crippen molar-refractivity contribution in [3.05, 3.63) is 40.5 Å². The zero-order valence-corrected chi connectivity index (χ0v) is 11.2. The fourth-order valence-electron chi connectivity index (χ4n) is 1.54. The minimum absolute atomic E-state index is 0.104. The van der Waals surface area contributed by atoms with E-state index >= 15 is 0 Å². The van der Waals surface area contributed by atoms with E-state index in [1.54, 1.807) is 0 Å². The van der Waals surface area contributed by atoms with Gasteiger partial charge in [0, 0.05) is 10.9 Å². The van der Waals surface area contributed by atoms with Crippen LogP contribution >= 0.6 is 23.8 Å². The molecule has 0 amide bonds. The van der Waals surface area contributed by atoms with Crippen LogP contribution in [0.1, 0.15) is 11.1 Å². The quantitative estimate of drug-likeness (QED) is 0.383. The smallest absolute Gasteiger partial charge is 0.184 e. The van der Waals surface area contributed by atoms with Crippen molar-refractivity contribution in [1.82, 2.24) is 10.4 Å². The number of nitrogens with two attached hydrogens (primary N) is 1. The second-order valence-corrected chi connectivity index (χ2v) is 4.60. The van der Waals surface area contributed by atoms with Crippen LogP contribution in [0.25, 0.3) is 10.9 Å². The van der Waals surface area contributed by atoms with Crippen molar-refractivity contribution < 1.29 is 0 Å². The number of rotatable bonds is 2. The highest BCUT2D eigenvalue weighted by Crippen LogP contribution is 2.20. The van der Waals surface area contributed by atoms with E-state index < -0.39 is 0 Å². The van der Waals surface area contributed by atoms with Crippen LogP contribution in [0, 0.1) is 6.92 Å².